The fourth-order valence-electron chi connectivity index (χ4n) is 5.79. The number of hydrogen-bond donors (Lipinski definition) is 2. The molecule has 1 aromatic carbocycles. The largest absolute Gasteiger partial charge is 0.483 e. The third-order valence-corrected chi connectivity index (χ3v) is 7.43. The summed E-state index contributed by atoms with van der Waals surface area (Å²) in [6, 6.07) is 7.68. The highest BCUT2D eigenvalue weighted by molar-refractivity contribution is 9.10. The molecule has 6 heteroatoms. The number of carbonyl (C=O) groups excluding carboxylic acids is 2. The van der Waals surface area contributed by atoms with Crippen molar-refractivity contribution in [1.29, 1.82) is 0 Å². The van der Waals surface area contributed by atoms with Gasteiger partial charge in [0.2, 0.25) is 5.91 Å². The quantitative estimate of drug-likeness (QED) is 0.550. The van der Waals surface area contributed by atoms with Gasteiger partial charge in [-0.2, -0.15) is 0 Å². The van der Waals surface area contributed by atoms with Crippen LogP contribution in [0.1, 0.15) is 51.0 Å². The Morgan fingerprint density at radius 3 is 2.52 bits per heavy atom. The van der Waals surface area contributed by atoms with Gasteiger partial charge in [0.15, 0.2) is 6.61 Å². The van der Waals surface area contributed by atoms with Crippen LogP contribution in [-0.2, 0) is 16.0 Å². The van der Waals surface area contributed by atoms with Crippen molar-refractivity contribution in [3.8, 4) is 5.75 Å². The van der Waals surface area contributed by atoms with Gasteiger partial charge >= 0.3 is 0 Å². The normalized spacial score (nSPS) is 33.6. The highest BCUT2D eigenvalue weighted by Gasteiger charge is 2.59. The second-order valence-corrected chi connectivity index (χ2v) is 10.3. The van der Waals surface area contributed by atoms with Crippen molar-refractivity contribution in [2.45, 2.75) is 56.2 Å². The molecule has 146 valence electrons. The summed E-state index contributed by atoms with van der Waals surface area (Å²) < 4.78 is 5.73. The first-order valence-electron chi connectivity index (χ1n) is 9.90. The molecule has 5 nitrogen and oxygen atoms in total. The zero-order valence-corrected chi connectivity index (χ0v) is 17.3. The molecule has 0 radical (unpaired) electrons. The Kier molecular flexibility index (Phi) is 4.95. The summed E-state index contributed by atoms with van der Waals surface area (Å²) in [6.45, 7) is 1.93. The first-order chi connectivity index (χ1) is 12.9. The number of hydrazine groups is 1. The van der Waals surface area contributed by atoms with Crippen molar-refractivity contribution < 1.29 is 14.3 Å². The van der Waals surface area contributed by atoms with E-state index in [9.17, 15) is 9.59 Å². The monoisotopic (exact) mass is 434 g/mol. The van der Waals surface area contributed by atoms with Crippen molar-refractivity contribution in [2.24, 2.45) is 17.3 Å². The topological polar surface area (TPSA) is 67.4 Å². The van der Waals surface area contributed by atoms with E-state index in [2.05, 4.69) is 26.8 Å². The Hall–Kier alpha value is -1.56. The molecule has 1 aromatic rings. The second-order valence-electron chi connectivity index (χ2n) is 8.64. The van der Waals surface area contributed by atoms with Crippen LogP contribution < -0.4 is 15.6 Å². The number of amides is 2. The Bertz CT molecular complexity index is 737. The molecule has 0 heterocycles. The van der Waals surface area contributed by atoms with Gasteiger partial charge in [0.1, 0.15) is 5.75 Å². The van der Waals surface area contributed by atoms with Crippen LogP contribution in [0.4, 0.5) is 0 Å². The zero-order chi connectivity index (χ0) is 19.1. The van der Waals surface area contributed by atoms with E-state index in [-0.39, 0.29) is 28.2 Å². The molecule has 0 aliphatic heterocycles. The van der Waals surface area contributed by atoms with Crippen molar-refractivity contribution >= 4 is 27.7 Å². The number of carbonyl (C=O) groups is 2. The van der Waals surface area contributed by atoms with E-state index >= 15 is 0 Å². The molecule has 4 saturated carbocycles. The standard InChI is InChI=1S/C21H27BrN2O3/c1-2-16-5-3-4-6-17(16)27-12-18(25)23-24-19(26)20-8-14-7-15(9-20)11-21(22,10-14)13-20/h3-6,14-15H,2,7-13H2,1H3,(H,23,25)(H,24,26). The molecule has 4 aliphatic carbocycles. The van der Waals surface area contributed by atoms with E-state index in [1.807, 2.05) is 31.2 Å². The van der Waals surface area contributed by atoms with Gasteiger partial charge in [0, 0.05) is 4.32 Å². The number of rotatable bonds is 5. The molecule has 2 atom stereocenters. The fraction of sp³-hybridized carbons (Fsp3) is 0.619. The first kappa shape index (κ1) is 18.8. The van der Waals surface area contributed by atoms with Gasteiger partial charge in [-0.3, -0.25) is 20.4 Å². The van der Waals surface area contributed by atoms with E-state index < -0.39 is 0 Å². The zero-order valence-electron chi connectivity index (χ0n) is 15.7. The van der Waals surface area contributed by atoms with Crippen LogP contribution in [0.15, 0.2) is 24.3 Å². The lowest BCUT2D eigenvalue weighted by Gasteiger charge is -2.59. The summed E-state index contributed by atoms with van der Waals surface area (Å²) in [5, 5.41) is 0. The van der Waals surface area contributed by atoms with Gasteiger partial charge in [-0.1, -0.05) is 41.1 Å². The number of benzene rings is 1. The Morgan fingerprint density at radius 2 is 1.85 bits per heavy atom. The van der Waals surface area contributed by atoms with Crippen molar-refractivity contribution in [3.63, 3.8) is 0 Å². The molecule has 2 N–H and O–H groups in total. The number of halogens is 1. The predicted molar refractivity (Wildman–Crippen MR) is 106 cm³/mol. The van der Waals surface area contributed by atoms with Crippen LogP contribution in [0.5, 0.6) is 5.75 Å². The molecule has 5 rings (SSSR count). The molecule has 2 unspecified atom stereocenters. The minimum Gasteiger partial charge on any atom is -0.483 e. The van der Waals surface area contributed by atoms with Crippen LogP contribution >= 0.6 is 15.9 Å². The number of ether oxygens (including phenoxy) is 1. The van der Waals surface area contributed by atoms with E-state index in [0.29, 0.717) is 17.6 Å². The Morgan fingerprint density at radius 1 is 1.15 bits per heavy atom. The second kappa shape index (κ2) is 7.12. The molecule has 4 fully saturated rings. The average molecular weight is 435 g/mol. The molecule has 0 spiro atoms. The van der Waals surface area contributed by atoms with E-state index in [1.54, 1.807) is 0 Å². The van der Waals surface area contributed by atoms with Gasteiger partial charge in [0.05, 0.1) is 5.41 Å². The van der Waals surface area contributed by atoms with Gasteiger partial charge in [-0.15, -0.1) is 0 Å². The van der Waals surface area contributed by atoms with E-state index in [0.717, 1.165) is 31.2 Å². The molecular formula is C21H27BrN2O3. The number of para-hydroxylation sites is 1. The van der Waals surface area contributed by atoms with Crippen LogP contribution in [0.25, 0.3) is 0 Å². The van der Waals surface area contributed by atoms with E-state index in [4.69, 9.17) is 4.74 Å². The fourth-order valence-corrected chi connectivity index (χ4v) is 7.24. The maximum atomic E-state index is 12.9. The van der Waals surface area contributed by atoms with Crippen LogP contribution in [0.2, 0.25) is 0 Å². The Balaban J connectivity index is 1.31. The van der Waals surface area contributed by atoms with Crippen molar-refractivity contribution in [3.05, 3.63) is 29.8 Å². The van der Waals surface area contributed by atoms with Gasteiger partial charge in [-0.05, 0) is 68.4 Å². The first-order valence-corrected chi connectivity index (χ1v) is 10.7. The number of hydrogen-bond acceptors (Lipinski definition) is 3. The van der Waals surface area contributed by atoms with Gasteiger partial charge in [-0.25, -0.2) is 0 Å². The summed E-state index contributed by atoms with van der Waals surface area (Å²) in [7, 11) is 0. The number of nitrogens with one attached hydrogen (secondary N) is 2. The highest BCUT2D eigenvalue weighted by Crippen LogP contribution is 2.64. The molecule has 2 amide bonds. The van der Waals surface area contributed by atoms with Crippen LogP contribution in [0, 0.1) is 17.3 Å². The van der Waals surface area contributed by atoms with Gasteiger partial charge < -0.3 is 4.74 Å². The van der Waals surface area contributed by atoms with Crippen LogP contribution in [-0.4, -0.2) is 22.7 Å². The lowest BCUT2D eigenvalue weighted by Crippen LogP contribution is -2.60. The summed E-state index contributed by atoms with van der Waals surface area (Å²) in [5.74, 6) is 1.58. The van der Waals surface area contributed by atoms with Crippen molar-refractivity contribution in [2.75, 3.05) is 6.61 Å². The SMILES string of the molecule is CCc1ccccc1OCC(=O)NNC(=O)C12CC3CC(CC(Br)(C3)C1)C2. The average Bonchev–Trinajstić information content (AvgIpc) is 2.62. The number of aryl methyl sites for hydroxylation is 1. The number of alkyl halides is 1. The third-order valence-electron chi connectivity index (χ3n) is 6.50. The molecule has 0 saturated heterocycles. The Labute approximate surface area is 168 Å². The molecule has 4 bridgehead atoms. The summed E-state index contributed by atoms with van der Waals surface area (Å²) in [6.07, 6.45) is 7.20. The van der Waals surface area contributed by atoms with Gasteiger partial charge in [0.25, 0.3) is 5.91 Å². The molecule has 0 aromatic heterocycles. The molecule has 4 aliphatic rings. The maximum absolute atomic E-state index is 12.9. The predicted octanol–water partition coefficient (Wildman–Crippen LogP) is 3.51. The highest BCUT2D eigenvalue weighted by atomic mass is 79.9. The lowest BCUT2D eigenvalue weighted by atomic mass is 9.49. The summed E-state index contributed by atoms with van der Waals surface area (Å²) >= 11 is 3.92. The summed E-state index contributed by atoms with van der Waals surface area (Å²) in [4.78, 5) is 25.1. The lowest BCUT2D eigenvalue weighted by molar-refractivity contribution is -0.147. The molecular weight excluding hydrogens is 408 g/mol. The van der Waals surface area contributed by atoms with Crippen molar-refractivity contribution in [1.82, 2.24) is 10.9 Å². The van der Waals surface area contributed by atoms with E-state index in [1.165, 1.54) is 19.3 Å². The molecule has 27 heavy (non-hydrogen) atoms. The third kappa shape index (κ3) is 3.73. The van der Waals surface area contributed by atoms with Crippen LogP contribution in [0.3, 0.4) is 0 Å². The maximum Gasteiger partial charge on any atom is 0.276 e. The minimum atomic E-state index is -0.340. The minimum absolute atomic E-state index is 0.0391. The summed E-state index contributed by atoms with van der Waals surface area (Å²) in [5.41, 5.74) is 5.96. The smallest absolute Gasteiger partial charge is 0.276 e.